The number of aryl methyl sites for hydroxylation is 1. The molecule has 0 radical (unpaired) electrons. The fourth-order valence-electron chi connectivity index (χ4n) is 4.38. The monoisotopic (exact) mass is 367 g/mol. The molecule has 1 aliphatic heterocycles. The first-order valence-corrected chi connectivity index (χ1v) is 9.47. The van der Waals surface area contributed by atoms with Crippen molar-refractivity contribution in [3.05, 3.63) is 18.2 Å². The minimum Gasteiger partial charge on any atom is -0.337 e. The Morgan fingerprint density at radius 3 is 2.64 bits per heavy atom. The summed E-state index contributed by atoms with van der Waals surface area (Å²) in [5, 5.41) is 3.45. The fraction of sp³-hybridized carbons (Fsp3) is 0.778. The third kappa shape index (κ3) is 4.01. The van der Waals surface area contributed by atoms with Gasteiger partial charge >= 0.3 is 0 Å². The fourth-order valence-corrected chi connectivity index (χ4v) is 4.38. The number of nitrogens with zero attached hydrogens (tertiary/aromatic N) is 4. The number of aromatic nitrogens is 2. The van der Waals surface area contributed by atoms with Crippen molar-refractivity contribution >= 4 is 18.3 Å². The number of piperazine rings is 1. The Morgan fingerprint density at radius 2 is 2.00 bits per heavy atom. The number of carbonyl (C=O) groups is 1. The summed E-state index contributed by atoms with van der Waals surface area (Å²) in [6.45, 7) is 3.25. The van der Waals surface area contributed by atoms with Gasteiger partial charge in [0, 0.05) is 51.2 Å². The molecule has 140 valence electrons. The Labute approximate surface area is 156 Å². The van der Waals surface area contributed by atoms with Gasteiger partial charge in [0.1, 0.15) is 5.82 Å². The van der Waals surface area contributed by atoms with Crippen LogP contribution in [-0.4, -0.2) is 63.5 Å². The van der Waals surface area contributed by atoms with Crippen molar-refractivity contribution in [3.63, 3.8) is 0 Å². The number of rotatable bonds is 5. The molecule has 1 saturated heterocycles. The molecular weight excluding hydrogens is 338 g/mol. The molecule has 3 fully saturated rings. The first-order valence-electron chi connectivity index (χ1n) is 9.47. The van der Waals surface area contributed by atoms with Crippen molar-refractivity contribution in [3.8, 4) is 0 Å². The van der Waals surface area contributed by atoms with E-state index in [1.165, 1.54) is 38.5 Å². The van der Waals surface area contributed by atoms with Crippen molar-refractivity contribution in [2.45, 2.75) is 56.7 Å². The minimum atomic E-state index is 0. The van der Waals surface area contributed by atoms with Gasteiger partial charge in [-0.1, -0.05) is 12.8 Å². The van der Waals surface area contributed by atoms with E-state index >= 15 is 0 Å². The maximum absolute atomic E-state index is 13.1. The maximum atomic E-state index is 13.1. The number of halogens is 1. The Kier molecular flexibility index (Phi) is 6.02. The highest BCUT2D eigenvalue weighted by molar-refractivity contribution is 5.85. The average Bonchev–Trinajstić information content (AvgIpc) is 3.07. The second kappa shape index (κ2) is 8.06. The van der Waals surface area contributed by atoms with E-state index in [4.69, 9.17) is 0 Å². The van der Waals surface area contributed by atoms with Gasteiger partial charge < -0.3 is 14.8 Å². The number of hydrogen-bond donors (Lipinski definition) is 1. The van der Waals surface area contributed by atoms with Gasteiger partial charge in [-0.2, -0.15) is 0 Å². The van der Waals surface area contributed by atoms with Gasteiger partial charge in [0.15, 0.2) is 0 Å². The van der Waals surface area contributed by atoms with Gasteiger partial charge in [-0.05, 0) is 25.7 Å². The summed E-state index contributed by atoms with van der Waals surface area (Å²) in [4.78, 5) is 22.2. The van der Waals surface area contributed by atoms with Gasteiger partial charge in [-0.15, -0.1) is 12.4 Å². The van der Waals surface area contributed by atoms with E-state index in [0.29, 0.717) is 24.5 Å². The molecule has 1 aromatic heterocycles. The normalized spacial score (nSPS) is 24.9. The van der Waals surface area contributed by atoms with Crippen LogP contribution >= 0.6 is 12.4 Å². The topological polar surface area (TPSA) is 53.4 Å². The zero-order chi connectivity index (χ0) is 16.5. The van der Waals surface area contributed by atoms with Crippen LogP contribution in [-0.2, 0) is 11.8 Å². The Morgan fingerprint density at radius 1 is 1.28 bits per heavy atom. The van der Waals surface area contributed by atoms with Crippen LogP contribution in [0.25, 0.3) is 0 Å². The second-order valence-electron chi connectivity index (χ2n) is 7.56. The minimum absolute atomic E-state index is 0. The van der Waals surface area contributed by atoms with Gasteiger partial charge in [0.05, 0.1) is 12.6 Å². The van der Waals surface area contributed by atoms with E-state index in [2.05, 4.69) is 24.7 Å². The second-order valence-corrected chi connectivity index (χ2v) is 7.56. The Bertz CT molecular complexity index is 582. The van der Waals surface area contributed by atoms with E-state index < -0.39 is 0 Å². The molecule has 7 heteroatoms. The van der Waals surface area contributed by atoms with Crippen LogP contribution < -0.4 is 5.32 Å². The smallest absolute Gasteiger partial charge is 0.237 e. The standard InChI is InChI=1S/C18H29N5O.ClH/c1-21-10-9-20-18(21)16-12-19-8-11-22(16)13-17(24)23(15-6-7-15)14-4-2-3-5-14;/h9-10,14-16,19H,2-8,11-13H2,1H3;1H. The molecule has 1 atom stereocenters. The largest absolute Gasteiger partial charge is 0.337 e. The van der Waals surface area contributed by atoms with E-state index in [1.807, 2.05) is 19.4 Å². The van der Waals surface area contributed by atoms with Crippen LogP contribution in [0.15, 0.2) is 12.4 Å². The van der Waals surface area contributed by atoms with Gasteiger partial charge in [-0.25, -0.2) is 4.98 Å². The third-order valence-electron chi connectivity index (χ3n) is 5.80. The molecule has 6 nitrogen and oxygen atoms in total. The lowest BCUT2D eigenvalue weighted by atomic mass is 10.1. The Hall–Kier alpha value is -1.11. The molecule has 0 bridgehead atoms. The lowest BCUT2D eigenvalue weighted by molar-refractivity contribution is -0.136. The highest BCUT2D eigenvalue weighted by Crippen LogP contribution is 2.35. The zero-order valence-corrected chi connectivity index (χ0v) is 15.9. The predicted molar refractivity (Wildman–Crippen MR) is 99.8 cm³/mol. The number of nitrogens with one attached hydrogen (secondary N) is 1. The van der Waals surface area contributed by atoms with Crippen LogP contribution in [0.4, 0.5) is 0 Å². The zero-order valence-electron chi connectivity index (χ0n) is 15.1. The highest BCUT2D eigenvalue weighted by Gasteiger charge is 2.39. The van der Waals surface area contributed by atoms with Crippen LogP contribution in [0.1, 0.15) is 50.4 Å². The maximum Gasteiger partial charge on any atom is 0.237 e. The molecule has 0 aromatic carbocycles. The number of amides is 1. The van der Waals surface area contributed by atoms with Gasteiger partial charge in [0.2, 0.25) is 5.91 Å². The van der Waals surface area contributed by atoms with Crippen molar-refractivity contribution in [1.29, 1.82) is 0 Å². The molecular formula is C18H30ClN5O. The summed E-state index contributed by atoms with van der Waals surface area (Å²) in [6.07, 6.45) is 11.2. The number of carbonyl (C=O) groups excluding carboxylic acids is 1. The lowest BCUT2D eigenvalue weighted by Crippen LogP contribution is -2.52. The summed E-state index contributed by atoms with van der Waals surface area (Å²) in [7, 11) is 2.03. The highest BCUT2D eigenvalue weighted by atomic mass is 35.5. The van der Waals surface area contributed by atoms with Crippen molar-refractivity contribution < 1.29 is 4.79 Å². The van der Waals surface area contributed by atoms with Crippen molar-refractivity contribution in [1.82, 2.24) is 24.7 Å². The predicted octanol–water partition coefficient (Wildman–Crippen LogP) is 1.72. The molecule has 1 N–H and O–H groups in total. The molecule has 1 amide bonds. The SMILES string of the molecule is Cl.Cn1ccnc1C1CNCCN1CC(=O)N(C1CCCC1)C1CC1. The average molecular weight is 368 g/mol. The van der Waals surface area contributed by atoms with E-state index in [1.54, 1.807) is 0 Å². The Balaban J connectivity index is 0.00000182. The summed E-state index contributed by atoms with van der Waals surface area (Å²) < 4.78 is 2.07. The molecule has 2 aliphatic carbocycles. The molecule has 1 unspecified atom stereocenters. The first kappa shape index (κ1) is 18.7. The quantitative estimate of drug-likeness (QED) is 0.861. The van der Waals surface area contributed by atoms with Gasteiger partial charge in [-0.3, -0.25) is 9.69 Å². The molecule has 3 aliphatic rings. The summed E-state index contributed by atoms with van der Waals surface area (Å²) in [5.41, 5.74) is 0. The number of imidazole rings is 1. The van der Waals surface area contributed by atoms with Crippen molar-refractivity contribution in [2.24, 2.45) is 7.05 Å². The molecule has 0 spiro atoms. The van der Waals surface area contributed by atoms with Crippen LogP contribution in [0.2, 0.25) is 0 Å². The lowest BCUT2D eigenvalue weighted by Gasteiger charge is -2.37. The molecule has 1 aromatic rings. The van der Waals surface area contributed by atoms with E-state index in [-0.39, 0.29) is 18.4 Å². The van der Waals surface area contributed by atoms with Gasteiger partial charge in [0.25, 0.3) is 0 Å². The van der Waals surface area contributed by atoms with Crippen LogP contribution in [0, 0.1) is 0 Å². The third-order valence-corrected chi connectivity index (χ3v) is 5.80. The summed E-state index contributed by atoms with van der Waals surface area (Å²) in [6, 6.07) is 1.21. The van der Waals surface area contributed by atoms with Crippen LogP contribution in [0.3, 0.4) is 0 Å². The molecule has 2 heterocycles. The van der Waals surface area contributed by atoms with E-state index in [0.717, 1.165) is 25.5 Å². The summed E-state index contributed by atoms with van der Waals surface area (Å²) >= 11 is 0. The van der Waals surface area contributed by atoms with Crippen LogP contribution in [0.5, 0.6) is 0 Å². The summed E-state index contributed by atoms with van der Waals surface area (Å²) in [5.74, 6) is 1.39. The first-order chi connectivity index (χ1) is 11.7. The van der Waals surface area contributed by atoms with E-state index in [9.17, 15) is 4.79 Å². The molecule has 25 heavy (non-hydrogen) atoms. The van der Waals surface area contributed by atoms with Crippen molar-refractivity contribution in [2.75, 3.05) is 26.2 Å². The number of hydrogen-bond acceptors (Lipinski definition) is 4. The molecule has 2 saturated carbocycles. The molecule has 4 rings (SSSR count).